The van der Waals surface area contributed by atoms with Crippen LogP contribution in [0, 0.1) is 0 Å². The van der Waals surface area contributed by atoms with Crippen LogP contribution in [0.4, 0.5) is 0 Å². The summed E-state index contributed by atoms with van der Waals surface area (Å²) in [4.78, 5) is 21.7. The highest BCUT2D eigenvalue weighted by Crippen LogP contribution is 2.10. The van der Waals surface area contributed by atoms with Gasteiger partial charge in [0, 0.05) is 5.56 Å². The zero-order chi connectivity index (χ0) is 9.68. The van der Waals surface area contributed by atoms with Crippen molar-refractivity contribution in [1.29, 1.82) is 0 Å². The van der Waals surface area contributed by atoms with Gasteiger partial charge in [-0.2, -0.15) is 0 Å². The molecule has 3 nitrogen and oxygen atoms in total. The third-order valence-electron chi connectivity index (χ3n) is 1.36. The number of nitrogens with two attached hydrogens (primary N) is 1. The number of rotatable bonds is 3. The Hall–Kier alpha value is -1.29. The summed E-state index contributed by atoms with van der Waals surface area (Å²) in [5.41, 5.74) is 5.50. The molecule has 0 spiro atoms. The number of hydrogen-bond acceptors (Lipinski definition) is 3. The second-order valence-electron chi connectivity index (χ2n) is 2.41. The lowest BCUT2D eigenvalue weighted by atomic mass is 10.2. The summed E-state index contributed by atoms with van der Waals surface area (Å²) >= 11 is 0.924. The molecule has 1 amide bonds. The van der Waals surface area contributed by atoms with Crippen LogP contribution in [0.2, 0.25) is 0 Å². The minimum Gasteiger partial charge on any atom is -0.369 e. The van der Waals surface area contributed by atoms with E-state index in [0.29, 0.717) is 5.56 Å². The van der Waals surface area contributed by atoms with Gasteiger partial charge in [0.15, 0.2) is 0 Å². The van der Waals surface area contributed by atoms with E-state index < -0.39 is 5.91 Å². The number of primary amides is 1. The van der Waals surface area contributed by atoms with Crippen LogP contribution in [0.1, 0.15) is 10.4 Å². The largest absolute Gasteiger partial charge is 0.369 e. The van der Waals surface area contributed by atoms with Gasteiger partial charge in [-0.05, 0) is 0 Å². The summed E-state index contributed by atoms with van der Waals surface area (Å²) in [5, 5.41) is -0.126. The highest BCUT2D eigenvalue weighted by molar-refractivity contribution is 8.14. The molecule has 0 saturated heterocycles. The summed E-state index contributed by atoms with van der Waals surface area (Å²) in [7, 11) is 0. The third-order valence-corrected chi connectivity index (χ3v) is 2.28. The number of carbonyl (C=O) groups excluding carboxylic acids is 2. The van der Waals surface area contributed by atoms with Crippen molar-refractivity contribution in [2.75, 3.05) is 5.75 Å². The van der Waals surface area contributed by atoms with Crippen LogP contribution in [0.3, 0.4) is 0 Å². The van der Waals surface area contributed by atoms with Gasteiger partial charge in [0.2, 0.25) is 11.0 Å². The van der Waals surface area contributed by atoms with Crippen LogP contribution in [0.25, 0.3) is 0 Å². The number of hydrogen-bond donors (Lipinski definition) is 1. The van der Waals surface area contributed by atoms with Crippen molar-refractivity contribution >= 4 is 22.8 Å². The first-order valence-electron chi connectivity index (χ1n) is 3.70. The fourth-order valence-electron chi connectivity index (χ4n) is 0.794. The molecular weight excluding hydrogens is 186 g/mol. The molecule has 0 fully saturated rings. The summed E-state index contributed by atoms with van der Waals surface area (Å²) < 4.78 is 0. The fourth-order valence-corrected chi connectivity index (χ4v) is 1.37. The molecule has 68 valence electrons. The van der Waals surface area contributed by atoms with Crippen molar-refractivity contribution in [3.8, 4) is 0 Å². The molecule has 4 heteroatoms. The Morgan fingerprint density at radius 2 is 1.85 bits per heavy atom. The molecule has 0 aliphatic rings. The molecule has 0 saturated carbocycles. The molecule has 1 rings (SSSR count). The molecule has 2 N–H and O–H groups in total. The van der Waals surface area contributed by atoms with Gasteiger partial charge in [-0.15, -0.1) is 0 Å². The van der Waals surface area contributed by atoms with Gasteiger partial charge in [-0.1, -0.05) is 42.1 Å². The lowest BCUT2D eigenvalue weighted by Crippen LogP contribution is -2.14. The Morgan fingerprint density at radius 1 is 1.23 bits per heavy atom. The van der Waals surface area contributed by atoms with Crippen LogP contribution in [-0.4, -0.2) is 16.8 Å². The minimum atomic E-state index is -0.478. The molecule has 0 aromatic heterocycles. The van der Waals surface area contributed by atoms with Crippen molar-refractivity contribution in [1.82, 2.24) is 0 Å². The molecule has 0 heterocycles. The lowest BCUT2D eigenvalue weighted by Gasteiger charge is -1.97. The van der Waals surface area contributed by atoms with E-state index in [1.807, 2.05) is 6.07 Å². The molecule has 1 aromatic rings. The van der Waals surface area contributed by atoms with Gasteiger partial charge in [-0.25, -0.2) is 0 Å². The van der Waals surface area contributed by atoms with Crippen molar-refractivity contribution < 1.29 is 9.59 Å². The SMILES string of the molecule is NC(=O)CSC(=O)c1ccccc1. The summed E-state index contributed by atoms with van der Waals surface area (Å²) in [6, 6.07) is 8.79. The second-order valence-corrected chi connectivity index (χ2v) is 3.36. The zero-order valence-electron chi connectivity index (χ0n) is 6.90. The van der Waals surface area contributed by atoms with Gasteiger partial charge in [-0.3, -0.25) is 9.59 Å². The summed E-state index contributed by atoms with van der Waals surface area (Å²) in [6.07, 6.45) is 0. The maximum atomic E-state index is 11.3. The van der Waals surface area contributed by atoms with Crippen LogP contribution >= 0.6 is 11.8 Å². The average molecular weight is 195 g/mol. The summed E-state index contributed by atoms with van der Waals surface area (Å²) in [6.45, 7) is 0. The monoisotopic (exact) mass is 195 g/mol. The maximum absolute atomic E-state index is 11.3. The minimum absolute atomic E-state index is 0.0354. The number of benzene rings is 1. The van der Waals surface area contributed by atoms with Crippen LogP contribution in [0.15, 0.2) is 30.3 Å². The van der Waals surface area contributed by atoms with Gasteiger partial charge < -0.3 is 5.73 Å². The molecule has 0 aliphatic heterocycles. The van der Waals surface area contributed by atoms with Crippen molar-refractivity contribution in [3.63, 3.8) is 0 Å². The van der Waals surface area contributed by atoms with Crippen molar-refractivity contribution in [2.45, 2.75) is 0 Å². The maximum Gasteiger partial charge on any atom is 0.227 e. The highest BCUT2D eigenvalue weighted by Gasteiger charge is 2.06. The molecule has 0 bridgehead atoms. The number of carbonyl (C=O) groups is 2. The zero-order valence-corrected chi connectivity index (χ0v) is 7.71. The Labute approximate surface area is 80.3 Å². The Morgan fingerprint density at radius 3 is 2.38 bits per heavy atom. The van der Waals surface area contributed by atoms with E-state index in [4.69, 9.17) is 5.73 Å². The van der Waals surface area contributed by atoms with Crippen LogP contribution < -0.4 is 5.73 Å². The number of amides is 1. The molecule has 1 aromatic carbocycles. The van der Waals surface area contributed by atoms with E-state index in [9.17, 15) is 9.59 Å². The van der Waals surface area contributed by atoms with Crippen molar-refractivity contribution in [2.24, 2.45) is 5.73 Å². The van der Waals surface area contributed by atoms with E-state index in [1.54, 1.807) is 24.3 Å². The molecule has 0 unspecified atom stereocenters. The van der Waals surface area contributed by atoms with E-state index in [1.165, 1.54) is 0 Å². The van der Waals surface area contributed by atoms with Gasteiger partial charge >= 0.3 is 0 Å². The molecule has 0 radical (unpaired) electrons. The van der Waals surface area contributed by atoms with E-state index in [-0.39, 0.29) is 10.9 Å². The third kappa shape index (κ3) is 3.29. The Kier molecular flexibility index (Phi) is 3.52. The van der Waals surface area contributed by atoms with Crippen molar-refractivity contribution in [3.05, 3.63) is 35.9 Å². The first-order valence-corrected chi connectivity index (χ1v) is 4.69. The predicted octanol–water partition coefficient (Wildman–Crippen LogP) is 1.05. The van der Waals surface area contributed by atoms with E-state index in [2.05, 4.69) is 0 Å². The Balaban J connectivity index is 2.54. The first-order chi connectivity index (χ1) is 6.20. The second kappa shape index (κ2) is 4.67. The average Bonchev–Trinajstić information content (AvgIpc) is 2.15. The number of thioether (sulfide) groups is 1. The van der Waals surface area contributed by atoms with Crippen LogP contribution in [-0.2, 0) is 4.79 Å². The quantitative estimate of drug-likeness (QED) is 0.784. The first kappa shape index (κ1) is 9.80. The molecule has 0 aliphatic carbocycles. The van der Waals surface area contributed by atoms with Crippen LogP contribution in [0.5, 0.6) is 0 Å². The molecular formula is C9H9NO2S. The van der Waals surface area contributed by atoms with E-state index in [0.717, 1.165) is 11.8 Å². The van der Waals surface area contributed by atoms with Gasteiger partial charge in [0.25, 0.3) is 0 Å². The van der Waals surface area contributed by atoms with Gasteiger partial charge in [0.05, 0.1) is 5.75 Å². The normalized spacial score (nSPS) is 9.54. The highest BCUT2D eigenvalue weighted by atomic mass is 32.2. The van der Waals surface area contributed by atoms with E-state index >= 15 is 0 Å². The standard InChI is InChI=1S/C9H9NO2S/c10-8(11)6-13-9(12)7-4-2-1-3-5-7/h1-5H,6H2,(H2,10,11). The molecule has 13 heavy (non-hydrogen) atoms. The van der Waals surface area contributed by atoms with Gasteiger partial charge in [0.1, 0.15) is 0 Å². The fraction of sp³-hybridized carbons (Fsp3) is 0.111. The topological polar surface area (TPSA) is 60.2 Å². The smallest absolute Gasteiger partial charge is 0.227 e. The molecule has 0 atom stereocenters. The predicted molar refractivity (Wildman–Crippen MR) is 52.4 cm³/mol. The Bertz CT molecular complexity index is 311. The summed E-state index contributed by atoms with van der Waals surface area (Å²) in [5.74, 6) is -0.442. The lowest BCUT2D eigenvalue weighted by molar-refractivity contribution is -0.115.